The second kappa shape index (κ2) is 11.1. The third-order valence-corrected chi connectivity index (χ3v) is 4.27. The van der Waals surface area contributed by atoms with Crippen LogP contribution in [0.2, 0.25) is 0 Å². The minimum atomic E-state index is -0.115. The first-order valence-corrected chi connectivity index (χ1v) is 9.62. The van der Waals surface area contributed by atoms with Crippen molar-refractivity contribution in [1.82, 2.24) is 5.32 Å². The zero-order valence-corrected chi connectivity index (χ0v) is 17.2. The van der Waals surface area contributed by atoms with Crippen molar-refractivity contribution in [2.75, 3.05) is 45.4 Å². The molecule has 2 aromatic carbocycles. The van der Waals surface area contributed by atoms with Gasteiger partial charge in [-0.1, -0.05) is 0 Å². The van der Waals surface area contributed by atoms with E-state index in [9.17, 15) is 4.79 Å². The summed E-state index contributed by atoms with van der Waals surface area (Å²) in [6.07, 6.45) is 0.837. The number of methoxy groups -OCH3 is 1. The number of hydrogen-bond donors (Lipinski definition) is 1. The van der Waals surface area contributed by atoms with Gasteiger partial charge in [0.15, 0.2) is 11.5 Å². The quantitative estimate of drug-likeness (QED) is 0.596. The Morgan fingerprint density at radius 3 is 2.32 bits per heavy atom. The maximum Gasteiger partial charge on any atom is 0.251 e. The van der Waals surface area contributed by atoms with Crippen LogP contribution in [0.25, 0.3) is 0 Å². The van der Waals surface area contributed by atoms with E-state index in [2.05, 4.69) is 10.2 Å². The van der Waals surface area contributed by atoms with Gasteiger partial charge in [-0.05, 0) is 62.7 Å². The number of anilines is 1. The summed E-state index contributed by atoms with van der Waals surface area (Å²) in [7, 11) is 3.69. The minimum absolute atomic E-state index is 0.115. The Labute approximate surface area is 167 Å². The van der Waals surface area contributed by atoms with E-state index in [1.807, 2.05) is 45.2 Å². The third-order valence-electron chi connectivity index (χ3n) is 4.27. The zero-order chi connectivity index (χ0) is 20.4. The monoisotopic (exact) mass is 386 g/mol. The molecule has 0 aromatic heterocycles. The molecule has 6 heteroatoms. The summed E-state index contributed by atoms with van der Waals surface area (Å²) < 4.78 is 16.3. The second-order valence-corrected chi connectivity index (χ2v) is 6.26. The van der Waals surface area contributed by atoms with Gasteiger partial charge in [0.25, 0.3) is 5.91 Å². The van der Waals surface area contributed by atoms with Gasteiger partial charge in [-0.25, -0.2) is 0 Å². The fourth-order valence-electron chi connectivity index (χ4n) is 2.78. The predicted octanol–water partition coefficient (Wildman–Crippen LogP) is 3.75. The fourth-order valence-corrected chi connectivity index (χ4v) is 2.78. The van der Waals surface area contributed by atoms with Crippen molar-refractivity contribution in [2.45, 2.75) is 20.3 Å². The predicted molar refractivity (Wildman–Crippen MR) is 112 cm³/mol. The van der Waals surface area contributed by atoms with Crippen LogP contribution >= 0.6 is 0 Å². The number of carbonyl (C=O) groups excluding carboxylic acids is 1. The highest BCUT2D eigenvalue weighted by Crippen LogP contribution is 2.28. The van der Waals surface area contributed by atoms with E-state index in [1.54, 1.807) is 25.3 Å². The summed E-state index contributed by atoms with van der Waals surface area (Å²) in [5.74, 6) is 1.97. The summed E-state index contributed by atoms with van der Waals surface area (Å²) in [6, 6.07) is 13.2. The summed E-state index contributed by atoms with van der Waals surface area (Å²) in [4.78, 5) is 14.6. The molecule has 2 aromatic rings. The molecule has 0 bridgehead atoms. The van der Waals surface area contributed by atoms with Gasteiger partial charge in [-0.3, -0.25) is 4.79 Å². The van der Waals surface area contributed by atoms with Crippen molar-refractivity contribution in [1.29, 1.82) is 0 Å². The molecule has 0 saturated carbocycles. The number of rotatable bonds is 11. The molecule has 1 amide bonds. The van der Waals surface area contributed by atoms with Crippen molar-refractivity contribution in [2.24, 2.45) is 0 Å². The Bertz CT molecular complexity index is 747. The van der Waals surface area contributed by atoms with E-state index < -0.39 is 0 Å². The van der Waals surface area contributed by atoms with Crippen molar-refractivity contribution in [3.05, 3.63) is 48.0 Å². The normalized spacial score (nSPS) is 10.3. The van der Waals surface area contributed by atoms with E-state index >= 15 is 0 Å². The number of nitrogens with one attached hydrogen (secondary N) is 1. The highest BCUT2D eigenvalue weighted by molar-refractivity contribution is 5.94. The van der Waals surface area contributed by atoms with Crippen LogP contribution in [-0.2, 0) is 0 Å². The average Bonchev–Trinajstić information content (AvgIpc) is 2.72. The summed E-state index contributed by atoms with van der Waals surface area (Å²) in [5, 5.41) is 2.96. The number of benzene rings is 2. The van der Waals surface area contributed by atoms with Crippen LogP contribution < -0.4 is 24.4 Å². The van der Waals surface area contributed by atoms with Gasteiger partial charge in [-0.2, -0.15) is 0 Å². The number of carbonyl (C=O) groups is 1. The van der Waals surface area contributed by atoms with Crippen molar-refractivity contribution < 1.29 is 19.0 Å². The minimum Gasteiger partial charge on any atom is -0.497 e. The number of nitrogens with zero attached hydrogens (tertiary/aromatic N) is 1. The topological polar surface area (TPSA) is 60.0 Å². The van der Waals surface area contributed by atoms with Crippen LogP contribution in [0.15, 0.2) is 42.5 Å². The molecule has 0 fully saturated rings. The van der Waals surface area contributed by atoms with Gasteiger partial charge in [0, 0.05) is 31.4 Å². The van der Waals surface area contributed by atoms with Gasteiger partial charge in [-0.15, -0.1) is 0 Å². The Morgan fingerprint density at radius 2 is 1.68 bits per heavy atom. The van der Waals surface area contributed by atoms with Crippen LogP contribution in [0, 0.1) is 0 Å². The first-order valence-electron chi connectivity index (χ1n) is 9.62. The molecular weight excluding hydrogens is 356 g/mol. The summed E-state index contributed by atoms with van der Waals surface area (Å²) in [6.45, 7) is 6.31. The molecule has 28 heavy (non-hydrogen) atoms. The lowest BCUT2D eigenvalue weighted by atomic mass is 10.2. The summed E-state index contributed by atoms with van der Waals surface area (Å²) in [5.41, 5.74) is 1.68. The lowest BCUT2D eigenvalue weighted by molar-refractivity contribution is 0.0953. The molecule has 0 aliphatic heterocycles. The van der Waals surface area contributed by atoms with Crippen LogP contribution in [0.1, 0.15) is 30.6 Å². The average molecular weight is 386 g/mol. The van der Waals surface area contributed by atoms with Gasteiger partial charge in [0.2, 0.25) is 0 Å². The molecule has 0 saturated heterocycles. The van der Waals surface area contributed by atoms with E-state index in [-0.39, 0.29) is 5.91 Å². The molecule has 0 heterocycles. The number of hydrogen-bond acceptors (Lipinski definition) is 5. The third kappa shape index (κ3) is 6.08. The zero-order valence-electron chi connectivity index (χ0n) is 17.2. The molecule has 0 atom stereocenters. The maximum absolute atomic E-state index is 12.4. The van der Waals surface area contributed by atoms with Gasteiger partial charge < -0.3 is 24.4 Å². The molecule has 0 aliphatic rings. The molecule has 0 aliphatic carbocycles. The lowest BCUT2D eigenvalue weighted by Crippen LogP contribution is -2.28. The van der Waals surface area contributed by atoms with Crippen LogP contribution in [0.5, 0.6) is 17.2 Å². The Kier molecular flexibility index (Phi) is 8.46. The molecule has 2 rings (SSSR count). The van der Waals surface area contributed by atoms with Gasteiger partial charge in [0.1, 0.15) is 5.75 Å². The second-order valence-electron chi connectivity index (χ2n) is 6.26. The maximum atomic E-state index is 12.4. The van der Waals surface area contributed by atoms with Crippen molar-refractivity contribution in [3.63, 3.8) is 0 Å². The lowest BCUT2D eigenvalue weighted by Gasteiger charge is -2.19. The van der Waals surface area contributed by atoms with E-state index in [4.69, 9.17) is 14.2 Å². The highest BCUT2D eigenvalue weighted by Gasteiger charge is 2.11. The van der Waals surface area contributed by atoms with Crippen molar-refractivity contribution in [3.8, 4) is 17.2 Å². The molecule has 6 nitrogen and oxygen atoms in total. The largest absolute Gasteiger partial charge is 0.497 e. The SMILES string of the molecule is CCOc1ccc(C(=O)NCCCN(C)c2ccc(OC)cc2)cc1OCC. The molecule has 0 radical (unpaired) electrons. The highest BCUT2D eigenvalue weighted by atomic mass is 16.5. The standard InChI is InChI=1S/C22H30N2O4/c1-5-27-20-13-8-17(16-21(20)28-6-2)22(25)23-14-7-15-24(3)18-9-11-19(26-4)12-10-18/h8-13,16H,5-7,14-15H2,1-4H3,(H,23,25). The van der Waals surface area contributed by atoms with E-state index in [0.717, 1.165) is 24.4 Å². The van der Waals surface area contributed by atoms with Crippen molar-refractivity contribution >= 4 is 11.6 Å². The smallest absolute Gasteiger partial charge is 0.251 e. The van der Waals surface area contributed by atoms with E-state index in [0.29, 0.717) is 36.8 Å². The van der Waals surface area contributed by atoms with Crippen LogP contribution in [-0.4, -0.2) is 46.4 Å². The number of amides is 1. The van der Waals surface area contributed by atoms with Crippen LogP contribution in [0.4, 0.5) is 5.69 Å². The first-order chi connectivity index (χ1) is 13.6. The number of ether oxygens (including phenoxy) is 3. The van der Waals surface area contributed by atoms with E-state index in [1.165, 1.54) is 0 Å². The van der Waals surface area contributed by atoms with Crippen LogP contribution in [0.3, 0.4) is 0 Å². The molecule has 0 spiro atoms. The molecule has 0 unspecified atom stereocenters. The fraction of sp³-hybridized carbons (Fsp3) is 0.409. The van der Waals surface area contributed by atoms with Gasteiger partial charge in [0.05, 0.1) is 20.3 Å². The molecule has 1 N–H and O–H groups in total. The Hall–Kier alpha value is -2.89. The first kappa shape index (κ1) is 21.4. The Balaban J connectivity index is 1.83. The summed E-state index contributed by atoms with van der Waals surface area (Å²) >= 11 is 0. The van der Waals surface area contributed by atoms with Gasteiger partial charge >= 0.3 is 0 Å². The Morgan fingerprint density at radius 1 is 1.00 bits per heavy atom. The molecular formula is C22H30N2O4. The molecule has 152 valence electrons.